The first-order chi connectivity index (χ1) is 14.1. The molecule has 0 aliphatic heterocycles. The molecule has 3 aromatic rings. The summed E-state index contributed by atoms with van der Waals surface area (Å²) in [5, 5.41) is 2.99. The Morgan fingerprint density at radius 1 is 1.14 bits per heavy atom. The molecule has 0 spiro atoms. The number of rotatable bonds is 8. The molecule has 1 heterocycles. The van der Waals surface area contributed by atoms with E-state index in [-0.39, 0.29) is 11.9 Å². The Morgan fingerprint density at radius 3 is 2.59 bits per heavy atom. The predicted molar refractivity (Wildman–Crippen MR) is 112 cm³/mol. The minimum absolute atomic E-state index is 0.0899. The Kier molecular flexibility index (Phi) is 5.76. The molecule has 1 aliphatic rings. The molecule has 1 saturated carbocycles. The first kappa shape index (κ1) is 19.4. The van der Waals surface area contributed by atoms with Crippen LogP contribution in [0.5, 0.6) is 0 Å². The lowest BCUT2D eigenvalue weighted by Gasteiger charge is -2.21. The number of amides is 1. The normalized spacial score (nSPS) is 14.7. The van der Waals surface area contributed by atoms with E-state index < -0.39 is 0 Å². The van der Waals surface area contributed by atoms with Gasteiger partial charge in [-0.05, 0) is 43.4 Å². The van der Waals surface area contributed by atoms with E-state index in [1.54, 1.807) is 0 Å². The Labute approximate surface area is 171 Å². The van der Waals surface area contributed by atoms with Gasteiger partial charge in [-0.3, -0.25) is 9.69 Å². The lowest BCUT2D eigenvalue weighted by Crippen LogP contribution is -2.27. The summed E-state index contributed by atoms with van der Waals surface area (Å²) in [5.41, 5.74) is 4.00. The third-order valence-electron chi connectivity index (χ3n) is 5.47. The molecule has 29 heavy (non-hydrogen) atoms. The summed E-state index contributed by atoms with van der Waals surface area (Å²) in [6, 6.07) is 18.8. The van der Waals surface area contributed by atoms with Crippen molar-refractivity contribution in [3.05, 3.63) is 89.1 Å². The van der Waals surface area contributed by atoms with Crippen LogP contribution in [0, 0.1) is 6.92 Å². The van der Waals surface area contributed by atoms with Gasteiger partial charge in [-0.15, -0.1) is 0 Å². The minimum atomic E-state index is -0.215. The van der Waals surface area contributed by atoms with Gasteiger partial charge in [-0.1, -0.05) is 54.6 Å². The zero-order valence-corrected chi connectivity index (χ0v) is 17.0. The lowest BCUT2D eigenvalue weighted by atomic mass is 10.1. The zero-order chi connectivity index (χ0) is 20.2. The number of benzene rings is 2. The molecule has 5 heteroatoms. The van der Waals surface area contributed by atoms with Gasteiger partial charge in [0.15, 0.2) is 5.69 Å². The largest absolute Gasteiger partial charge is 0.447 e. The standard InChI is InChI=1S/C24H27N3O2/c1-17-8-6-7-11-20(17)14-27(21-12-13-21)15-23-26-22(16-29-23)24(28)25-18(2)19-9-4-3-5-10-19/h3-11,16,18,21H,12-15H2,1-2H3,(H,25,28). The highest BCUT2D eigenvalue weighted by Crippen LogP contribution is 2.30. The topological polar surface area (TPSA) is 58.4 Å². The van der Waals surface area contributed by atoms with Crippen LogP contribution in [0.4, 0.5) is 0 Å². The number of carbonyl (C=O) groups excluding carboxylic acids is 1. The first-order valence-corrected chi connectivity index (χ1v) is 10.2. The van der Waals surface area contributed by atoms with Crippen molar-refractivity contribution >= 4 is 5.91 Å². The minimum Gasteiger partial charge on any atom is -0.447 e. The Morgan fingerprint density at radius 2 is 1.86 bits per heavy atom. The van der Waals surface area contributed by atoms with Crippen molar-refractivity contribution in [3.8, 4) is 0 Å². The highest BCUT2D eigenvalue weighted by atomic mass is 16.3. The smallest absolute Gasteiger partial charge is 0.273 e. The van der Waals surface area contributed by atoms with E-state index >= 15 is 0 Å². The van der Waals surface area contributed by atoms with Crippen molar-refractivity contribution in [3.63, 3.8) is 0 Å². The molecule has 1 aliphatic carbocycles. The van der Waals surface area contributed by atoms with Crippen LogP contribution in [0.2, 0.25) is 0 Å². The lowest BCUT2D eigenvalue weighted by molar-refractivity contribution is 0.0934. The monoisotopic (exact) mass is 389 g/mol. The van der Waals surface area contributed by atoms with Crippen LogP contribution in [-0.4, -0.2) is 21.8 Å². The number of carbonyl (C=O) groups is 1. The number of oxazole rings is 1. The molecule has 1 aromatic heterocycles. The Bertz CT molecular complexity index is 963. The van der Waals surface area contributed by atoms with Crippen LogP contribution in [0.25, 0.3) is 0 Å². The molecule has 0 bridgehead atoms. The molecule has 0 saturated heterocycles. The van der Waals surface area contributed by atoms with Crippen LogP contribution in [0.3, 0.4) is 0 Å². The van der Waals surface area contributed by atoms with Crippen molar-refractivity contribution in [2.24, 2.45) is 0 Å². The van der Waals surface area contributed by atoms with Crippen LogP contribution in [0.1, 0.15) is 58.9 Å². The Balaban J connectivity index is 1.40. The van der Waals surface area contributed by atoms with Gasteiger partial charge in [0.1, 0.15) is 6.26 Å². The van der Waals surface area contributed by atoms with Crippen molar-refractivity contribution < 1.29 is 9.21 Å². The quantitative estimate of drug-likeness (QED) is 0.610. The van der Waals surface area contributed by atoms with Crippen molar-refractivity contribution in [1.82, 2.24) is 15.2 Å². The molecule has 4 rings (SSSR count). The van der Waals surface area contributed by atoms with Gasteiger partial charge in [-0.2, -0.15) is 0 Å². The fourth-order valence-electron chi connectivity index (χ4n) is 3.52. The second-order valence-electron chi connectivity index (χ2n) is 7.79. The molecule has 1 amide bonds. The van der Waals surface area contributed by atoms with Crippen molar-refractivity contribution in [2.75, 3.05) is 0 Å². The van der Waals surface area contributed by atoms with Gasteiger partial charge in [0.05, 0.1) is 12.6 Å². The summed E-state index contributed by atoms with van der Waals surface area (Å²) in [4.78, 5) is 19.4. The van der Waals surface area contributed by atoms with E-state index in [9.17, 15) is 4.79 Å². The molecule has 1 unspecified atom stereocenters. The number of hydrogen-bond donors (Lipinski definition) is 1. The summed E-state index contributed by atoms with van der Waals surface area (Å²) in [7, 11) is 0. The maximum atomic E-state index is 12.6. The zero-order valence-electron chi connectivity index (χ0n) is 17.0. The van der Waals surface area contributed by atoms with Crippen LogP contribution in [0.15, 0.2) is 65.3 Å². The molecular weight excluding hydrogens is 362 g/mol. The first-order valence-electron chi connectivity index (χ1n) is 10.2. The molecule has 150 valence electrons. The molecule has 1 fully saturated rings. The van der Waals surface area contributed by atoms with E-state index in [2.05, 4.69) is 46.4 Å². The Hall–Kier alpha value is -2.92. The van der Waals surface area contributed by atoms with Gasteiger partial charge >= 0.3 is 0 Å². The molecule has 1 N–H and O–H groups in total. The molecule has 5 nitrogen and oxygen atoms in total. The maximum absolute atomic E-state index is 12.6. The highest BCUT2D eigenvalue weighted by molar-refractivity contribution is 5.92. The van der Waals surface area contributed by atoms with Gasteiger partial charge in [0, 0.05) is 12.6 Å². The van der Waals surface area contributed by atoms with Gasteiger partial charge < -0.3 is 9.73 Å². The summed E-state index contributed by atoms with van der Waals surface area (Å²) in [6.07, 6.45) is 3.87. The predicted octanol–water partition coefficient (Wildman–Crippen LogP) is 4.64. The fourth-order valence-corrected chi connectivity index (χ4v) is 3.52. The van der Waals surface area contributed by atoms with E-state index in [4.69, 9.17) is 4.42 Å². The number of nitrogens with one attached hydrogen (secondary N) is 1. The third kappa shape index (κ3) is 4.93. The second kappa shape index (κ2) is 8.62. The van der Waals surface area contributed by atoms with E-state index in [1.165, 1.54) is 30.2 Å². The van der Waals surface area contributed by atoms with Crippen LogP contribution < -0.4 is 5.32 Å². The number of aryl methyl sites for hydroxylation is 1. The van der Waals surface area contributed by atoms with Gasteiger partial charge in [0.2, 0.25) is 5.89 Å². The summed E-state index contributed by atoms with van der Waals surface area (Å²) in [5.74, 6) is 0.372. The van der Waals surface area contributed by atoms with Crippen LogP contribution in [-0.2, 0) is 13.1 Å². The average molecular weight is 389 g/mol. The number of hydrogen-bond acceptors (Lipinski definition) is 4. The third-order valence-corrected chi connectivity index (χ3v) is 5.47. The van der Waals surface area contributed by atoms with Crippen LogP contribution >= 0.6 is 0 Å². The van der Waals surface area contributed by atoms with E-state index in [0.717, 1.165) is 12.1 Å². The molecule has 1 atom stereocenters. The van der Waals surface area contributed by atoms with Gasteiger partial charge in [-0.25, -0.2) is 4.98 Å². The second-order valence-corrected chi connectivity index (χ2v) is 7.79. The summed E-state index contributed by atoms with van der Waals surface area (Å²) in [6.45, 7) is 5.58. The number of aromatic nitrogens is 1. The number of nitrogens with zero attached hydrogens (tertiary/aromatic N) is 2. The highest BCUT2D eigenvalue weighted by Gasteiger charge is 2.30. The fraction of sp³-hybridized carbons (Fsp3) is 0.333. The summed E-state index contributed by atoms with van der Waals surface area (Å²) >= 11 is 0. The van der Waals surface area contributed by atoms with E-state index in [1.807, 2.05) is 37.3 Å². The van der Waals surface area contributed by atoms with Gasteiger partial charge in [0.25, 0.3) is 5.91 Å². The van der Waals surface area contributed by atoms with E-state index in [0.29, 0.717) is 24.2 Å². The van der Waals surface area contributed by atoms with Crippen molar-refractivity contribution in [1.29, 1.82) is 0 Å². The molecular formula is C24H27N3O2. The van der Waals surface area contributed by atoms with Crippen molar-refractivity contribution in [2.45, 2.75) is 51.9 Å². The molecule has 0 radical (unpaired) electrons. The average Bonchev–Trinajstić information content (AvgIpc) is 3.48. The molecule has 2 aromatic carbocycles. The maximum Gasteiger partial charge on any atom is 0.273 e. The summed E-state index contributed by atoms with van der Waals surface area (Å²) < 4.78 is 5.64. The SMILES string of the molecule is Cc1ccccc1CN(Cc1nc(C(=O)NC(C)c2ccccc2)co1)C1CC1.